The van der Waals surface area contributed by atoms with E-state index in [1.165, 1.54) is 17.5 Å². The van der Waals surface area contributed by atoms with Crippen molar-refractivity contribution in [2.75, 3.05) is 16.8 Å². The Hall–Kier alpha value is -0.610. The Balaban J connectivity index is 2.34. The molecule has 98 valence electrons. The summed E-state index contributed by atoms with van der Waals surface area (Å²) >= 11 is 5.35. The van der Waals surface area contributed by atoms with E-state index in [2.05, 4.69) is 58.9 Å². The fraction of sp³-hybridized carbons (Fsp3) is 0.500. The average molecular weight is 327 g/mol. The summed E-state index contributed by atoms with van der Waals surface area (Å²) in [5.41, 5.74) is 1.11. The highest BCUT2D eigenvalue weighted by atomic mass is 79.9. The summed E-state index contributed by atoms with van der Waals surface area (Å²) < 4.78 is 1.28. The lowest BCUT2D eigenvalue weighted by atomic mass is 10.1. The normalized spacial score (nSPS) is 11.3. The van der Waals surface area contributed by atoms with Crippen molar-refractivity contribution >= 4 is 42.6 Å². The van der Waals surface area contributed by atoms with Gasteiger partial charge in [0, 0.05) is 17.9 Å². The molecule has 18 heavy (non-hydrogen) atoms. The molecular formula is C14H19BrN2S. The molecule has 0 N–H and O–H groups in total. The number of benzene rings is 1. The number of anilines is 1. The number of rotatable bonds is 6. The van der Waals surface area contributed by atoms with Gasteiger partial charge in [-0.3, -0.25) is 0 Å². The van der Waals surface area contributed by atoms with Crippen LogP contribution in [0.2, 0.25) is 0 Å². The minimum Gasteiger partial charge on any atom is -0.344 e. The first-order valence-electron chi connectivity index (χ1n) is 6.48. The van der Waals surface area contributed by atoms with Crippen LogP contribution in [-0.2, 0) is 0 Å². The highest BCUT2D eigenvalue weighted by Crippen LogP contribution is 2.30. The van der Waals surface area contributed by atoms with Crippen molar-refractivity contribution < 1.29 is 0 Å². The zero-order chi connectivity index (χ0) is 13.0. The van der Waals surface area contributed by atoms with Crippen molar-refractivity contribution in [3.8, 4) is 0 Å². The molecule has 0 spiro atoms. The van der Waals surface area contributed by atoms with Crippen LogP contribution in [0.3, 0.4) is 0 Å². The molecule has 0 unspecified atom stereocenters. The molecule has 0 fully saturated rings. The van der Waals surface area contributed by atoms with Crippen LogP contribution in [0, 0.1) is 0 Å². The Kier molecular flexibility index (Phi) is 5.01. The first kappa shape index (κ1) is 13.8. The molecule has 0 radical (unpaired) electrons. The number of hydrogen-bond donors (Lipinski definition) is 0. The smallest absolute Gasteiger partial charge is 0.186 e. The highest BCUT2D eigenvalue weighted by Gasteiger charge is 2.18. The summed E-state index contributed by atoms with van der Waals surface area (Å²) in [5, 5.41) is 2.14. The summed E-state index contributed by atoms with van der Waals surface area (Å²) in [4.78, 5) is 7.22. The number of halogens is 1. The topological polar surface area (TPSA) is 16.1 Å². The molecule has 0 aliphatic rings. The van der Waals surface area contributed by atoms with Gasteiger partial charge < -0.3 is 4.90 Å². The molecule has 0 aliphatic heterocycles. The molecule has 2 rings (SSSR count). The first-order chi connectivity index (χ1) is 8.80. The van der Waals surface area contributed by atoms with Gasteiger partial charge in [0.25, 0.3) is 0 Å². The van der Waals surface area contributed by atoms with Crippen molar-refractivity contribution in [3.63, 3.8) is 0 Å². The molecule has 0 saturated heterocycles. The maximum absolute atomic E-state index is 4.77. The van der Waals surface area contributed by atoms with Gasteiger partial charge >= 0.3 is 0 Å². The lowest BCUT2D eigenvalue weighted by Crippen LogP contribution is -2.35. The van der Waals surface area contributed by atoms with E-state index >= 15 is 0 Å². The molecule has 1 heterocycles. The number of nitrogens with zero attached hydrogens (tertiary/aromatic N) is 2. The van der Waals surface area contributed by atoms with Gasteiger partial charge in [-0.2, -0.15) is 0 Å². The maximum atomic E-state index is 4.77. The van der Waals surface area contributed by atoms with E-state index < -0.39 is 0 Å². The second kappa shape index (κ2) is 6.53. The molecule has 0 aliphatic carbocycles. The third-order valence-electron chi connectivity index (χ3n) is 3.24. The van der Waals surface area contributed by atoms with E-state index in [-0.39, 0.29) is 0 Å². The average Bonchev–Trinajstić information content (AvgIpc) is 2.82. The summed E-state index contributed by atoms with van der Waals surface area (Å²) in [6, 6.07) is 8.96. The maximum Gasteiger partial charge on any atom is 0.186 e. The minimum atomic E-state index is 0.586. The zero-order valence-corrected chi connectivity index (χ0v) is 13.3. The Morgan fingerprint density at radius 1 is 1.28 bits per heavy atom. The molecule has 0 saturated carbocycles. The molecule has 4 heteroatoms. The van der Waals surface area contributed by atoms with Crippen LogP contribution in [0.4, 0.5) is 5.13 Å². The number of hydrogen-bond acceptors (Lipinski definition) is 3. The van der Waals surface area contributed by atoms with Crippen LogP contribution in [0.15, 0.2) is 24.3 Å². The summed E-state index contributed by atoms with van der Waals surface area (Å²) in [7, 11) is 0. The van der Waals surface area contributed by atoms with Crippen LogP contribution in [0.25, 0.3) is 10.2 Å². The van der Waals surface area contributed by atoms with Crippen LogP contribution in [-0.4, -0.2) is 22.9 Å². The SMILES string of the molecule is CCC(CC)N(CCBr)c1nc2ccccc2s1. The van der Waals surface area contributed by atoms with E-state index in [4.69, 9.17) is 4.98 Å². The van der Waals surface area contributed by atoms with Crippen LogP contribution < -0.4 is 4.90 Å². The van der Waals surface area contributed by atoms with E-state index in [1.807, 2.05) is 0 Å². The van der Waals surface area contributed by atoms with Crippen LogP contribution in [0.1, 0.15) is 26.7 Å². The van der Waals surface area contributed by atoms with Gasteiger partial charge in [0.2, 0.25) is 0 Å². The molecule has 0 atom stereocenters. The largest absolute Gasteiger partial charge is 0.344 e. The Labute approximate surface area is 121 Å². The van der Waals surface area contributed by atoms with Crippen molar-refractivity contribution in [1.29, 1.82) is 0 Å². The molecule has 1 aromatic heterocycles. The first-order valence-corrected chi connectivity index (χ1v) is 8.42. The Bertz CT molecular complexity index is 460. The minimum absolute atomic E-state index is 0.586. The van der Waals surface area contributed by atoms with Gasteiger partial charge in [0.15, 0.2) is 5.13 Å². The predicted octanol–water partition coefficient (Wildman–Crippen LogP) is 4.69. The zero-order valence-electron chi connectivity index (χ0n) is 10.9. The molecule has 2 nitrogen and oxygen atoms in total. The number of fused-ring (bicyclic) bond motifs is 1. The monoisotopic (exact) mass is 326 g/mol. The van der Waals surface area contributed by atoms with Crippen molar-refractivity contribution in [2.45, 2.75) is 32.7 Å². The lowest BCUT2D eigenvalue weighted by Gasteiger charge is -2.29. The van der Waals surface area contributed by atoms with E-state index in [1.54, 1.807) is 11.3 Å². The van der Waals surface area contributed by atoms with Gasteiger partial charge in [0.05, 0.1) is 10.2 Å². The second-order valence-corrected chi connectivity index (χ2v) is 6.12. The van der Waals surface area contributed by atoms with E-state index in [0.29, 0.717) is 6.04 Å². The third-order valence-corrected chi connectivity index (χ3v) is 4.67. The van der Waals surface area contributed by atoms with E-state index in [0.717, 1.165) is 22.5 Å². The van der Waals surface area contributed by atoms with Gasteiger partial charge in [0.1, 0.15) is 0 Å². The number of para-hydroxylation sites is 1. The molecule has 0 amide bonds. The van der Waals surface area contributed by atoms with Crippen LogP contribution >= 0.6 is 27.3 Å². The predicted molar refractivity (Wildman–Crippen MR) is 85.1 cm³/mol. The van der Waals surface area contributed by atoms with Gasteiger partial charge in [-0.1, -0.05) is 53.2 Å². The van der Waals surface area contributed by atoms with Crippen molar-refractivity contribution in [3.05, 3.63) is 24.3 Å². The number of aromatic nitrogens is 1. The molecule has 2 aromatic rings. The quantitative estimate of drug-likeness (QED) is 0.716. The second-order valence-electron chi connectivity index (χ2n) is 4.32. The summed E-state index contributed by atoms with van der Waals surface area (Å²) in [6.07, 6.45) is 2.33. The van der Waals surface area contributed by atoms with Crippen molar-refractivity contribution in [1.82, 2.24) is 4.98 Å². The lowest BCUT2D eigenvalue weighted by molar-refractivity contribution is 0.568. The summed E-state index contributed by atoms with van der Waals surface area (Å²) in [5.74, 6) is 0. The van der Waals surface area contributed by atoms with Gasteiger partial charge in [-0.05, 0) is 25.0 Å². The Morgan fingerprint density at radius 3 is 2.61 bits per heavy atom. The fourth-order valence-corrected chi connectivity index (χ4v) is 3.68. The Morgan fingerprint density at radius 2 is 2.00 bits per heavy atom. The molecular weight excluding hydrogens is 308 g/mol. The number of alkyl halides is 1. The standard InChI is InChI=1S/C14H19BrN2S/c1-3-11(4-2)17(10-9-15)14-16-12-7-5-6-8-13(12)18-14/h5-8,11H,3-4,9-10H2,1-2H3. The molecule has 0 bridgehead atoms. The third kappa shape index (κ3) is 2.86. The fourth-order valence-electron chi connectivity index (χ4n) is 2.24. The van der Waals surface area contributed by atoms with Crippen molar-refractivity contribution in [2.24, 2.45) is 0 Å². The van der Waals surface area contributed by atoms with Gasteiger partial charge in [-0.15, -0.1) is 0 Å². The van der Waals surface area contributed by atoms with Crippen LogP contribution in [0.5, 0.6) is 0 Å². The van der Waals surface area contributed by atoms with Gasteiger partial charge in [-0.25, -0.2) is 4.98 Å². The highest BCUT2D eigenvalue weighted by molar-refractivity contribution is 9.09. The number of thiazole rings is 1. The molecule has 1 aromatic carbocycles. The van der Waals surface area contributed by atoms with E-state index in [9.17, 15) is 0 Å². The summed E-state index contributed by atoms with van der Waals surface area (Å²) in [6.45, 7) is 5.53.